The third-order valence-corrected chi connectivity index (χ3v) is 3.50. The molecule has 16 heavy (non-hydrogen) atoms. The molecular formula is C11H15BrClFN2. The van der Waals surface area contributed by atoms with Crippen LogP contribution in [-0.4, -0.2) is 24.0 Å². The normalized spacial score (nSPS) is 20.8. The summed E-state index contributed by atoms with van der Waals surface area (Å²) < 4.78 is 14.3. The van der Waals surface area contributed by atoms with Crippen molar-refractivity contribution in [1.29, 1.82) is 0 Å². The topological polar surface area (TPSA) is 29.3 Å². The highest BCUT2D eigenvalue weighted by Gasteiger charge is 2.20. The van der Waals surface area contributed by atoms with Gasteiger partial charge in [0.15, 0.2) is 0 Å². The minimum absolute atomic E-state index is 0. The molecule has 1 aliphatic rings. The fourth-order valence-corrected chi connectivity index (χ4v) is 2.38. The molecule has 1 aliphatic heterocycles. The van der Waals surface area contributed by atoms with Crippen LogP contribution in [0.4, 0.5) is 4.39 Å². The predicted octanol–water partition coefficient (Wildman–Crippen LogP) is 2.54. The number of hydrogen-bond donors (Lipinski definition) is 1. The molecule has 0 radical (unpaired) electrons. The van der Waals surface area contributed by atoms with Crippen molar-refractivity contribution >= 4 is 28.3 Å². The quantitative estimate of drug-likeness (QED) is 0.910. The van der Waals surface area contributed by atoms with E-state index in [0.717, 1.165) is 29.5 Å². The van der Waals surface area contributed by atoms with Gasteiger partial charge in [-0.2, -0.15) is 0 Å². The molecule has 90 valence electrons. The van der Waals surface area contributed by atoms with E-state index in [0.29, 0.717) is 6.54 Å². The van der Waals surface area contributed by atoms with Gasteiger partial charge in [-0.05, 0) is 18.6 Å². The molecule has 1 aromatic carbocycles. The first-order chi connectivity index (χ1) is 7.16. The van der Waals surface area contributed by atoms with Gasteiger partial charge < -0.3 is 5.73 Å². The van der Waals surface area contributed by atoms with Crippen LogP contribution in [0, 0.1) is 5.82 Å². The molecule has 2 nitrogen and oxygen atoms in total. The lowest BCUT2D eigenvalue weighted by molar-refractivity contribution is 0.320. The molecule has 0 amide bonds. The molecule has 2 N–H and O–H groups in total. The van der Waals surface area contributed by atoms with E-state index in [-0.39, 0.29) is 24.3 Å². The summed E-state index contributed by atoms with van der Waals surface area (Å²) in [6.07, 6.45) is 1.01. The molecule has 1 saturated heterocycles. The van der Waals surface area contributed by atoms with E-state index in [1.165, 1.54) is 6.07 Å². The van der Waals surface area contributed by atoms with E-state index in [1.54, 1.807) is 6.07 Å². The summed E-state index contributed by atoms with van der Waals surface area (Å²) in [6, 6.07) is 5.32. The van der Waals surface area contributed by atoms with Crippen molar-refractivity contribution in [3.63, 3.8) is 0 Å². The van der Waals surface area contributed by atoms with Gasteiger partial charge >= 0.3 is 0 Å². The first-order valence-corrected chi connectivity index (χ1v) is 5.87. The van der Waals surface area contributed by atoms with Crippen molar-refractivity contribution in [2.24, 2.45) is 5.73 Å². The van der Waals surface area contributed by atoms with E-state index in [2.05, 4.69) is 20.8 Å². The van der Waals surface area contributed by atoms with E-state index in [4.69, 9.17) is 5.73 Å². The van der Waals surface area contributed by atoms with E-state index in [9.17, 15) is 4.39 Å². The van der Waals surface area contributed by atoms with Crippen LogP contribution < -0.4 is 5.73 Å². The van der Waals surface area contributed by atoms with Gasteiger partial charge in [0.1, 0.15) is 5.82 Å². The summed E-state index contributed by atoms with van der Waals surface area (Å²) in [7, 11) is 0. The van der Waals surface area contributed by atoms with Gasteiger partial charge in [0.2, 0.25) is 0 Å². The predicted molar refractivity (Wildman–Crippen MR) is 69.2 cm³/mol. The SMILES string of the molecule is Cl.N[C@H]1CCN(Cc2c(F)cccc2Br)C1. The maximum Gasteiger partial charge on any atom is 0.128 e. The van der Waals surface area contributed by atoms with Crippen LogP contribution in [0.2, 0.25) is 0 Å². The summed E-state index contributed by atoms with van der Waals surface area (Å²) in [5, 5.41) is 0. The standard InChI is InChI=1S/C11H14BrFN2.ClH/c12-10-2-1-3-11(13)9(10)7-15-5-4-8(14)6-15;/h1-3,8H,4-7,14H2;1H/t8-;/m0./s1. The average molecular weight is 310 g/mol. The number of nitrogens with zero attached hydrogens (tertiary/aromatic N) is 1. The van der Waals surface area contributed by atoms with E-state index >= 15 is 0 Å². The van der Waals surface area contributed by atoms with Gasteiger partial charge in [-0.25, -0.2) is 4.39 Å². The fourth-order valence-electron chi connectivity index (χ4n) is 1.91. The molecule has 1 heterocycles. The van der Waals surface area contributed by atoms with Crippen molar-refractivity contribution in [2.45, 2.75) is 19.0 Å². The summed E-state index contributed by atoms with van der Waals surface area (Å²) in [5.41, 5.74) is 6.54. The van der Waals surface area contributed by atoms with Crippen LogP contribution in [0.1, 0.15) is 12.0 Å². The van der Waals surface area contributed by atoms with Crippen molar-refractivity contribution in [2.75, 3.05) is 13.1 Å². The molecule has 2 rings (SSSR count). The van der Waals surface area contributed by atoms with E-state index in [1.807, 2.05) is 6.07 Å². The smallest absolute Gasteiger partial charge is 0.128 e. The molecule has 0 unspecified atom stereocenters. The number of nitrogens with two attached hydrogens (primary N) is 1. The largest absolute Gasteiger partial charge is 0.326 e. The van der Waals surface area contributed by atoms with Crippen LogP contribution in [0.25, 0.3) is 0 Å². The molecule has 1 atom stereocenters. The molecule has 0 saturated carbocycles. The van der Waals surface area contributed by atoms with E-state index < -0.39 is 0 Å². The monoisotopic (exact) mass is 308 g/mol. The highest BCUT2D eigenvalue weighted by Crippen LogP contribution is 2.22. The second-order valence-electron chi connectivity index (χ2n) is 3.98. The van der Waals surface area contributed by atoms with Crippen molar-refractivity contribution < 1.29 is 4.39 Å². The van der Waals surface area contributed by atoms with Crippen molar-refractivity contribution in [3.8, 4) is 0 Å². The number of hydrogen-bond acceptors (Lipinski definition) is 2. The Bertz CT molecular complexity index is 342. The Morgan fingerprint density at radius 2 is 2.25 bits per heavy atom. The Morgan fingerprint density at radius 3 is 2.81 bits per heavy atom. The molecular weight excluding hydrogens is 294 g/mol. The maximum absolute atomic E-state index is 13.5. The Balaban J connectivity index is 0.00000128. The number of benzene rings is 1. The summed E-state index contributed by atoms with van der Waals surface area (Å²) >= 11 is 3.37. The first kappa shape index (κ1) is 13.9. The second kappa shape index (κ2) is 5.96. The average Bonchev–Trinajstić information content (AvgIpc) is 2.58. The molecule has 0 spiro atoms. The third kappa shape index (κ3) is 3.17. The zero-order valence-electron chi connectivity index (χ0n) is 8.83. The van der Waals surface area contributed by atoms with Gasteiger partial charge in [0.25, 0.3) is 0 Å². The van der Waals surface area contributed by atoms with Gasteiger partial charge in [-0.3, -0.25) is 4.90 Å². The lowest BCUT2D eigenvalue weighted by Gasteiger charge is -2.16. The van der Waals surface area contributed by atoms with Crippen LogP contribution >= 0.6 is 28.3 Å². The zero-order valence-corrected chi connectivity index (χ0v) is 11.2. The number of likely N-dealkylation sites (tertiary alicyclic amines) is 1. The lowest BCUT2D eigenvalue weighted by atomic mass is 10.2. The first-order valence-electron chi connectivity index (χ1n) is 5.07. The third-order valence-electron chi connectivity index (χ3n) is 2.75. The van der Waals surface area contributed by atoms with Crippen LogP contribution in [-0.2, 0) is 6.54 Å². The molecule has 0 aromatic heterocycles. The van der Waals surface area contributed by atoms with Gasteiger partial charge in [0.05, 0.1) is 0 Å². The second-order valence-corrected chi connectivity index (χ2v) is 4.84. The van der Waals surface area contributed by atoms with Gasteiger partial charge in [-0.15, -0.1) is 12.4 Å². The Hall–Kier alpha value is -0.160. The maximum atomic E-state index is 13.5. The summed E-state index contributed by atoms with van der Waals surface area (Å²) in [5.74, 6) is -0.148. The molecule has 1 aromatic rings. The Morgan fingerprint density at radius 1 is 1.50 bits per heavy atom. The summed E-state index contributed by atoms with van der Waals surface area (Å²) in [4.78, 5) is 2.19. The molecule has 0 bridgehead atoms. The minimum Gasteiger partial charge on any atom is -0.326 e. The minimum atomic E-state index is -0.148. The highest BCUT2D eigenvalue weighted by molar-refractivity contribution is 9.10. The highest BCUT2D eigenvalue weighted by atomic mass is 79.9. The number of halogens is 3. The van der Waals surface area contributed by atoms with Gasteiger partial charge in [0, 0.05) is 35.7 Å². The van der Waals surface area contributed by atoms with Crippen LogP contribution in [0.3, 0.4) is 0 Å². The van der Waals surface area contributed by atoms with Gasteiger partial charge in [-0.1, -0.05) is 22.0 Å². The lowest BCUT2D eigenvalue weighted by Crippen LogP contribution is -2.26. The number of rotatable bonds is 2. The van der Waals surface area contributed by atoms with Crippen molar-refractivity contribution in [1.82, 2.24) is 4.90 Å². The molecule has 5 heteroatoms. The Kier molecular flexibility index (Phi) is 5.18. The molecule has 1 fully saturated rings. The van der Waals surface area contributed by atoms with Crippen LogP contribution in [0.5, 0.6) is 0 Å². The van der Waals surface area contributed by atoms with Crippen LogP contribution in [0.15, 0.2) is 22.7 Å². The summed E-state index contributed by atoms with van der Waals surface area (Å²) in [6.45, 7) is 2.46. The Labute approximate surface area is 110 Å². The van der Waals surface area contributed by atoms with Crippen molar-refractivity contribution in [3.05, 3.63) is 34.1 Å². The fraction of sp³-hybridized carbons (Fsp3) is 0.455. The molecule has 0 aliphatic carbocycles. The zero-order chi connectivity index (χ0) is 10.8.